The molecule has 0 heterocycles. The number of carbonyl (C=O) groups is 1. The van der Waals surface area contributed by atoms with Crippen molar-refractivity contribution in [2.75, 3.05) is 0 Å². The molecule has 0 radical (unpaired) electrons. The van der Waals surface area contributed by atoms with Crippen LogP contribution in [0.15, 0.2) is 48.5 Å². The summed E-state index contributed by atoms with van der Waals surface area (Å²) in [5.41, 5.74) is 1.65. The number of carbonyl (C=O) groups excluding carboxylic acids is 1. The number of nitro groups is 1. The Balaban J connectivity index is 1.76. The zero-order chi connectivity index (χ0) is 19.5. The molecule has 0 amide bonds. The first-order chi connectivity index (χ1) is 13.1. The van der Waals surface area contributed by atoms with Gasteiger partial charge in [-0.05, 0) is 42.7 Å². The van der Waals surface area contributed by atoms with E-state index in [-0.39, 0.29) is 11.4 Å². The van der Waals surface area contributed by atoms with E-state index < -0.39 is 10.9 Å². The average Bonchev–Trinajstić information content (AvgIpc) is 2.68. The molecule has 0 aromatic heterocycles. The molecule has 5 nitrogen and oxygen atoms in total. The Hall–Kier alpha value is -2.69. The maximum absolute atomic E-state index is 12.2. The molecule has 0 atom stereocenters. The number of benzene rings is 2. The molecule has 27 heavy (non-hydrogen) atoms. The minimum Gasteiger partial charge on any atom is -0.423 e. The highest BCUT2D eigenvalue weighted by atomic mass is 16.6. The second-order valence-corrected chi connectivity index (χ2v) is 6.71. The van der Waals surface area contributed by atoms with Gasteiger partial charge < -0.3 is 4.74 Å². The molecule has 0 bridgehead atoms. The van der Waals surface area contributed by atoms with Crippen LogP contribution in [0.5, 0.6) is 5.75 Å². The Morgan fingerprint density at radius 2 is 1.48 bits per heavy atom. The molecule has 144 valence electrons. The molecule has 0 N–H and O–H groups in total. The molecule has 0 saturated carbocycles. The second kappa shape index (κ2) is 11.1. The number of non-ortho nitro benzene ring substituents is 1. The lowest BCUT2D eigenvalue weighted by molar-refractivity contribution is -0.384. The van der Waals surface area contributed by atoms with Crippen LogP contribution in [0, 0.1) is 10.1 Å². The quantitative estimate of drug-likeness (QED) is 0.158. The second-order valence-electron chi connectivity index (χ2n) is 6.71. The Labute approximate surface area is 160 Å². The molecule has 2 aromatic rings. The van der Waals surface area contributed by atoms with Gasteiger partial charge in [-0.15, -0.1) is 0 Å². The highest BCUT2D eigenvalue weighted by Gasteiger charge is 2.10. The van der Waals surface area contributed by atoms with E-state index in [0.29, 0.717) is 5.56 Å². The monoisotopic (exact) mass is 369 g/mol. The number of aryl methyl sites for hydroxylation is 1. The molecule has 5 heteroatoms. The van der Waals surface area contributed by atoms with Crippen LogP contribution in [0.3, 0.4) is 0 Å². The summed E-state index contributed by atoms with van der Waals surface area (Å²) in [6.45, 7) is 2.23. The van der Waals surface area contributed by atoms with Crippen molar-refractivity contribution in [1.29, 1.82) is 0 Å². The predicted octanol–water partition coefficient (Wildman–Crippen LogP) is 6.11. The molecular formula is C22H27NO4. The number of ether oxygens (including phenoxy) is 1. The minimum absolute atomic E-state index is 0.0375. The topological polar surface area (TPSA) is 69.4 Å². The number of nitrogens with zero attached hydrogens (tertiary/aromatic N) is 1. The summed E-state index contributed by atoms with van der Waals surface area (Å²) in [5.74, 6) is -0.177. The van der Waals surface area contributed by atoms with E-state index in [4.69, 9.17) is 4.74 Å². The van der Waals surface area contributed by atoms with Gasteiger partial charge in [-0.1, -0.05) is 57.6 Å². The van der Waals surface area contributed by atoms with Crippen LogP contribution in [0.1, 0.15) is 67.8 Å². The van der Waals surface area contributed by atoms with Crippen molar-refractivity contribution in [2.24, 2.45) is 0 Å². The van der Waals surface area contributed by atoms with Crippen LogP contribution in [0.4, 0.5) is 5.69 Å². The molecular weight excluding hydrogens is 342 g/mol. The fraction of sp³-hybridized carbons (Fsp3) is 0.409. The molecule has 0 unspecified atom stereocenters. The SMILES string of the molecule is CCCCCCCCCc1ccc(C(=O)Oc2ccc([N+](=O)[O-])cc2)cc1. The van der Waals surface area contributed by atoms with Crippen LogP contribution in [-0.2, 0) is 6.42 Å². The lowest BCUT2D eigenvalue weighted by Crippen LogP contribution is -2.08. The normalized spacial score (nSPS) is 10.6. The maximum Gasteiger partial charge on any atom is 0.343 e. The van der Waals surface area contributed by atoms with Gasteiger partial charge in [0.05, 0.1) is 10.5 Å². The standard InChI is InChI=1S/C22H27NO4/c1-2-3-4-5-6-7-8-9-18-10-12-19(13-11-18)22(24)27-21-16-14-20(15-17-21)23(25)26/h10-17H,2-9H2,1H3. The van der Waals surface area contributed by atoms with E-state index in [1.54, 1.807) is 12.1 Å². The van der Waals surface area contributed by atoms with Gasteiger partial charge in [0.1, 0.15) is 5.75 Å². The van der Waals surface area contributed by atoms with Gasteiger partial charge in [0.25, 0.3) is 5.69 Å². The molecule has 0 saturated heterocycles. The molecule has 2 rings (SSSR count). The van der Waals surface area contributed by atoms with Gasteiger partial charge in [0.15, 0.2) is 0 Å². The van der Waals surface area contributed by atoms with Gasteiger partial charge in [-0.2, -0.15) is 0 Å². The smallest absolute Gasteiger partial charge is 0.343 e. The number of rotatable bonds is 11. The van der Waals surface area contributed by atoms with Crippen molar-refractivity contribution in [3.63, 3.8) is 0 Å². The van der Waals surface area contributed by atoms with E-state index >= 15 is 0 Å². The van der Waals surface area contributed by atoms with Gasteiger partial charge in [-0.25, -0.2) is 4.79 Å². The highest BCUT2D eigenvalue weighted by molar-refractivity contribution is 5.91. The summed E-state index contributed by atoms with van der Waals surface area (Å²) in [4.78, 5) is 22.3. The van der Waals surface area contributed by atoms with Crippen molar-refractivity contribution in [2.45, 2.75) is 58.3 Å². The Bertz CT molecular complexity index is 723. The third kappa shape index (κ3) is 7.21. The molecule has 0 spiro atoms. The van der Waals surface area contributed by atoms with E-state index in [9.17, 15) is 14.9 Å². The summed E-state index contributed by atoms with van der Waals surface area (Å²) >= 11 is 0. The Morgan fingerprint density at radius 1 is 0.889 bits per heavy atom. The van der Waals surface area contributed by atoms with Crippen molar-refractivity contribution in [3.8, 4) is 5.75 Å². The summed E-state index contributed by atoms with van der Waals surface area (Å²) in [6, 6.07) is 12.9. The van der Waals surface area contributed by atoms with Gasteiger partial charge >= 0.3 is 5.97 Å². The summed E-state index contributed by atoms with van der Waals surface area (Å²) in [5, 5.41) is 10.6. The van der Waals surface area contributed by atoms with E-state index in [1.165, 1.54) is 74.8 Å². The zero-order valence-electron chi connectivity index (χ0n) is 15.9. The number of hydrogen-bond donors (Lipinski definition) is 0. The molecule has 2 aromatic carbocycles. The molecule has 0 aliphatic rings. The third-order valence-corrected chi connectivity index (χ3v) is 4.52. The number of nitro benzene ring substituents is 1. The molecule has 0 aliphatic heterocycles. The van der Waals surface area contributed by atoms with Crippen molar-refractivity contribution >= 4 is 11.7 Å². The summed E-state index contributed by atoms with van der Waals surface area (Å²) in [6.07, 6.45) is 9.98. The van der Waals surface area contributed by atoms with Crippen LogP contribution in [0.2, 0.25) is 0 Å². The first-order valence-corrected chi connectivity index (χ1v) is 9.65. The average molecular weight is 369 g/mol. The first-order valence-electron chi connectivity index (χ1n) is 9.65. The number of unbranched alkanes of at least 4 members (excludes halogenated alkanes) is 6. The largest absolute Gasteiger partial charge is 0.423 e. The van der Waals surface area contributed by atoms with Crippen LogP contribution < -0.4 is 4.74 Å². The van der Waals surface area contributed by atoms with Crippen molar-refractivity contribution in [1.82, 2.24) is 0 Å². The van der Waals surface area contributed by atoms with Crippen LogP contribution in [-0.4, -0.2) is 10.9 Å². The van der Waals surface area contributed by atoms with E-state index in [1.807, 2.05) is 12.1 Å². The lowest BCUT2D eigenvalue weighted by Gasteiger charge is -2.06. The van der Waals surface area contributed by atoms with Crippen molar-refractivity contribution in [3.05, 3.63) is 69.8 Å². The first kappa shape index (κ1) is 20.6. The van der Waals surface area contributed by atoms with Gasteiger partial charge in [-0.3, -0.25) is 10.1 Å². The zero-order valence-corrected chi connectivity index (χ0v) is 15.9. The van der Waals surface area contributed by atoms with E-state index in [2.05, 4.69) is 6.92 Å². The number of esters is 1. The Morgan fingerprint density at radius 3 is 2.07 bits per heavy atom. The summed E-state index contributed by atoms with van der Waals surface area (Å²) < 4.78 is 5.26. The minimum atomic E-state index is -0.491. The van der Waals surface area contributed by atoms with Gasteiger partial charge in [0.2, 0.25) is 0 Å². The lowest BCUT2D eigenvalue weighted by atomic mass is 10.0. The predicted molar refractivity (Wildman–Crippen MR) is 106 cm³/mol. The molecule has 0 aliphatic carbocycles. The maximum atomic E-state index is 12.2. The van der Waals surface area contributed by atoms with Crippen molar-refractivity contribution < 1.29 is 14.5 Å². The Kier molecular flexibility index (Phi) is 8.49. The van der Waals surface area contributed by atoms with Crippen LogP contribution in [0.25, 0.3) is 0 Å². The highest BCUT2D eigenvalue weighted by Crippen LogP contribution is 2.19. The fourth-order valence-electron chi connectivity index (χ4n) is 2.90. The molecule has 0 fully saturated rings. The summed E-state index contributed by atoms with van der Waals surface area (Å²) in [7, 11) is 0. The van der Waals surface area contributed by atoms with Gasteiger partial charge in [0, 0.05) is 12.1 Å². The van der Waals surface area contributed by atoms with E-state index in [0.717, 1.165) is 6.42 Å². The van der Waals surface area contributed by atoms with Crippen LogP contribution >= 0.6 is 0 Å². The number of hydrogen-bond acceptors (Lipinski definition) is 4. The fourth-order valence-corrected chi connectivity index (χ4v) is 2.90. The third-order valence-electron chi connectivity index (χ3n) is 4.52.